The largest absolute Gasteiger partial charge is 0.483 e. The van der Waals surface area contributed by atoms with Crippen LogP contribution >= 0.6 is 0 Å². The molecule has 1 fully saturated rings. The van der Waals surface area contributed by atoms with E-state index in [1.165, 1.54) is 19.1 Å². The summed E-state index contributed by atoms with van der Waals surface area (Å²) in [6.07, 6.45) is 4.33. The SMILES string of the molecule is CC(=O)N[C@@H](Cc1ccc(F)cc1)[C@@H](O)CN[C@H]1CC2(CCC2)Oc2c1cc(CC(C)(C)C)nc2NC(C)C. The number of aromatic nitrogens is 1. The Hall–Kier alpha value is -2.71. The number of pyridine rings is 1. The second kappa shape index (κ2) is 11.8. The summed E-state index contributed by atoms with van der Waals surface area (Å²) in [5, 5.41) is 21.3. The summed E-state index contributed by atoms with van der Waals surface area (Å²) in [7, 11) is 0. The van der Waals surface area contributed by atoms with E-state index in [9.17, 15) is 14.3 Å². The second-order valence-corrected chi connectivity index (χ2v) is 12.9. The zero-order valence-corrected chi connectivity index (χ0v) is 24.2. The van der Waals surface area contributed by atoms with Crippen LogP contribution in [0.5, 0.6) is 5.75 Å². The maximum Gasteiger partial charge on any atom is 0.217 e. The summed E-state index contributed by atoms with van der Waals surface area (Å²) in [6.45, 7) is 12.6. The van der Waals surface area contributed by atoms with Crippen LogP contribution in [0.4, 0.5) is 10.2 Å². The van der Waals surface area contributed by atoms with Crippen molar-refractivity contribution in [2.45, 2.75) is 110 Å². The number of nitrogens with zero attached hydrogens (tertiary/aromatic N) is 1. The lowest BCUT2D eigenvalue weighted by atomic mass is 9.72. The molecule has 1 aromatic heterocycles. The van der Waals surface area contributed by atoms with Gasteiger partial charge in [0.05, 0.1) is 12.1 Å². The minimum Gasteiger partial charge on any atom is -0.483 e. The van der Waals surface area contributed by atoms with Crippen LogP contribution in [-0.2, 0) is 17.6 Å². The van der Waals surface area contributed by atoms with Crippen molar-refractivity contribution in [3.63, 3.8) is 0 Å². The van der Waals surface area contributed by atoms with Gasteiger partial charge in [-0.15, -0.1) is 0 Å². The standard InChI is InChI=1S/C31H45FN4O3/c1-19(2)34-29-28-24(15-23(36-29)16-30(4,5)6)26(17-31(39-28)12-7-13-31)33-18-27(38)25(35-20(3)37)14-21-8-10-22(32)11-9-21/h8-11,15,19,25-27,33,38H,7,12-14,16-18H2,1-6H3,(H,34,36)(H,35,37)/t25-,26-,27-/m0/s1. The van der Waals surface area contributed by atoms with Gasteiger partial charge >= 0.3 is 0 Å². The van der Waals surface area contributed by atoms with Crippen molar-refractivity contribution in [1.82, 2.24) is 15.6 Å². The van der Waals surface area contributed by atoms with Crippen molar-refractivity contribution in [2.75, 3.05) is 11.9 Å². The van der Waals surface area contributed by atoms with E-state index < -0.39 is 12.1 Å². The number of benzene rings is 1. The number of aliphatic hydroxyl groups is 1. The molecule has 1 aliphatic heterocycles. The van der Waals surface area contributed by atoms with Gasteiger partial charge in [-0.05, 0) is 75.1 Å². The molecule has 1 amide bonds. The van der Waals surface area contributed by atoms with Gasteiger partial charge < -0.3 is 25.8 Å². The number of anilines is 1. The summed E-state index contributed by atoms with van der Waals surface area (Å²) in [6, 6.07) is 7.99. The average molecular weight is 541 g/mol. The quantitative estimate of drug-likeness (QED) is 0.336. The van der Waals surface area contributed by atoms with E-state index in [4.69, 9.17) is 9.72 Å². The number of rotatable bonds is 10. The van der Waals surface area contributed by atoms with Crippen molar-refractivity contribution in [2.24, 2.45) is 5.41 Å². The smallest absolute Gasteiger partial charge is 0.217 e. The number of halogens is 1. The van der Waals surface area contributed by atoms with E-state index in [-0.39, 0.29) is 41.4 Å². The fourth-order valence-corrected chi connectivity index (χ4v) is 5.60. The maximum atomic E-state index is 13.4. The second-order valence-electron chi connectivity index (χ2n) is 12.9. The van der Waals surface area contributed by atoms with Crippen LogP contribution in [0.3, 0.4) is 0 Å². The molecule has 1 spiro atoms. The summed E-state index contributed by atoms with van der Waals surface area (Å²) in [5.41, 5.74) is 2.78. The Kier molecular flexibility index (Phi) is 8.86. The van der Waals surface area contributed by atoms with Crippen LogP contribution in [0.2, 0.25) is 0 Å². The van der Waals surface area contributed by atoms with E-state index in [1.54, 1.807) is 12.1 Å². The molecule has 39 heavy (non-hydrogen) atoms. The average Bonchev–Trinajstić information content (AvgIpc) is 2.80. The van der Waals surface area contributed by atoms with Crippen LogP contribution in [0.15, 0.2) is 30.3 Å². The first kappa shape index (κ1) is 29.3. The number of hydrogen-bond acceptors (Lipinski definition) is 6. The first-order valence-corrected chi connectivity index (χ1v) is 14.2. The molecule has 1 saturated carbocycles. The van der Waals surface area contributed by atoms with Gasteiger partial charge in [-0.3, -0.25) is 4.79 Å². The van der Waals surface area contributed by atoms with Gasteiger partial charge in [0.2, 0.25) is 5.91 Å². The number of hydrogen-bond donors (Lipinski definition) is 4. The minimum atomic E-state index is -0.841. The molecule has 0 unspecified atom stereocenters. The zero-order chi connectivity index (χ0) is 28.4. The molecule has 8 heteroatoms. The molecule has 2 aliphatic rings. The van der Waals surface area contributed by atoms with Crippen molar-refractivity contribution < 1.29 is 19.0 Å². The first-order chi connectivity index (χ1) is 18.3. The summed E-state index contributed by atoms with van der Waals surface area (Å²) in [5.74, 6) is 1.07. The molecular weight excluding hydrogens is 495 g/mol. The third-order valence-corrected chi connectivity index (χ3v) is 7.52. The Morgan fingerprint density at radius 3 is 2.49 bits per heavy atom. The van der Waals surface area contributed by atoms with Crippen molar-refractivity contribution in [3.8, 4) is 5.75 Å². The summed E-state index contributed by atoms with van der Waals surface area (Å²) >= 11 is 0. The Labute approximate surface area is 232 Å². The molecule has 3 atom stereocenters. The number of aliphatic hydroxyl groups excluding tert-OH is 1. The third kappa shape index (κ3) is 7.70. The Morgan fingerprint density at radius 2 is 1.92 bits per heavy atom. The van der Waals surface area contributed by atoms with Gasteiger partial charge in [0.25, 0.3) is 0 Å². The van der Waals surface area contributed by atoms with Crippen molar-refractivity contribution in [1.29, 1.82) is 0 Å². The molecule has 2 aromatic rings. The zero-order valence-electron chi connectivity index (χ0n) is 24.2. The lowest BCUT2D eigenvalue weighted by Gasteiger charge is -2.48. The van der Waals surface area contributed by atoms with Gasteiger partial charge in [0, 0.05) is 43.2 Å². The molecule has 0 saturated heterocycles. The fourth-order valence-electron chi connectivity index (χ4n) is 5.60. The van der Waals surface area contributed by atoms with Crippen molar-refractivity contribution in [3.05, 3.63) is 53.0 Å². The van der Waals surface area contributed by atoms with Gasteiger partial charge in [-0.1, -0.05) is 32.9 Å². The van der Waals surface area contributed by atoms with Gasteiger partial charge in [-0.2, -0.15) is 0 Å². The van der Waals surface area contributed by atoms with E-state index in [0.717, 1.165) is 60.5 Å². The molecule has 0 radical (unpaired) electrons. The van der Waals surface area contributed by atoms with Crippen molar-refractivity contribution >= 4 is 11.7 Å². The highest BCUT2D eigenvalue weighted by atomic mass is 19.1. The summed E-state index contributed by atoms with van der Waals surface area (Å²) in [4.78, 5) is 16.9. The lowest BCUT2D eigenvalue weighted by molar-refractivity contribution is -0.120. The van der Waals surface area contributed by atoms with Crippen LogP contribution in [0.25, 0.3) is 0 Å². The monoisotopic (exact) mass is 540 g/mol. The van der Waals surface area contributed by atoms with Crippen LogP contribution in [0, 0.1) is 11.2 Å². The number of ether oxygens (including phenoxy) is 1. The number of carbonyl (C=O) groups is 1. The fraction of sp³-hybridized carbons (Fsp3) is 0.613. The lowest BCUT2D eigenvalue weighted by Crippen LogP contribution is -2.52. The molecular formula is C31H45FN4O3. The molecule has 214 valence electrons. The molecule has 1 aromatic carbocycles. The van der Waals surface area contributed by atoms with Gasteiger partial charge in [-0.25, -0.2) is 9.37 Å². The van der Waals surface area contributed by atoms with Crippen LogP contribution in [-0.4, -0.2) is 46.3 Å². The summed E-state index contributed by atoms with van der Waals surface area (Å²) < 4.78 is 20.1. The topological polar surface area (TPSA) is 95.5 Å². The number of amides is 1. The van der Waals surface area contributed by atoms with E-state index in [2.05, 4.69) is 56.6 Å². The minimum absolute atomic E-state index is 0.0260. The van der Waals surface area contributed by atoms with Gasteiger partial charge in [0.1, 0.15) is 11.4 Å². The highest BCUT2D eigenvalue weighted by Gasteiger charge is 2.47. The highest BCUT2D eigenvalue weighted by Crippen LogP contribution is 2.51. The Morgan fingerprint density at radius 1 is 1.23 bits per heavy atom. The van der Waals surface area contributed by atoms with Gasteiger partial charge in [0.15, 0.2) is 11.6 Å². The third-order valence-electron chi connectivity index (χ3n) is 7.52. The Bertz CT molecular complexity index is 1140. The van der Waals surface area contributed by atoms with E-state index in [1.807, 2.05) is 0 Å². The molecule has 7 nitrogen and oxygen atoms in total. The molecule has 2 heterocycles. The predicted molar refractivity (Wildman–Crippen MR) is 152 cm³/mol. The predicted octanol–water partition coefficient (Wildman–Crippen LogP) is 5.07. The molecule has 0 bridgehead atoms. The highest BCUT2D eigenvalue weighted by molar-refractivity contribution is 5.73. The number of nitrogens with one attached hydrogen (secondary N) is 3. The van der Waals surface area contributed by atoms with E-state index in [0.29, 0.717) is 6.42 Å². The van der Waals surface area contributed by atoms with E-state index >= 15 is 0 Å². The molecule has 4 rings (SSSR count). The number of carbonyl (C=O) groups excluding carboxylic acids is 1. The first-order valence-electron chi connectivity index (χ1n) is 14.2. The normalized spacial score (nSPS) is 19.6. The number of fused-ring (bicyclic) bond motifs is 1. The Balaban J connectivity index is 1.59. The van der Waals surface area contributed by atoms with Crippen LogP contribution < -0.4 is 20.7 Å². The maximum absolute atomic E-state index is 13.4. The molecule has 1 aliphatic carbocycles. The van der Waals surface area contributed by atoms with Crippen LogP contribution in [0.1, 0.15) is 90.1 Å². The molecule has 4 N–H and O–H groups in total.